The van der Waals surface area contributed by atoms with Gasteiger partial charge in [0.05, 0.1) is 0 Å². The number of hydrogen-bond donors (Lipinski definition) is 2. The average molecular weight is 363 g/mol. The van der Waals surface area contributed by atoms with Gasteiger partial charge in [0.15, 0.2) is 16.7 Å². The first kappa shape index (κ1) is 17.3. The second-order valence-corrected chi connectivity index (χ2v) is 6.82. The van der Waals surface area contributed by atoms with E-state index in [9.17, 15) is 9.59 Å². The Hall–Kier alpha value is -2.55. The highest BCUT2D eigenvalue weighted by Gasteiger charge is 2.29. The van der Waals surface area contributed by atoms with Crippen LogP contribution in [0.25, 0.3) is 0 Å². The molecule has 1 aromatic rings. The van der Waals surface area contributed by atoms with Gasteiger partial charge in [-0.05, 0) is 37.5 Å². The maximum atomic E-state index is 11.5. The van der Waals surface area contributed by atoms with Crippen LogP contribution in [0.4, 0.5) is 0 Å². The molecule has 1 amide bonds. The van der Waals surface area contributed by atoms with E-state index in [1.165, 1.54) is 0 Å². The molecule has 9 heteroatoms. The Kier molecular flexibility index (Phi) is 5.22. The fourth-order valence-corrected chi connectivity index (χ4v) is 3.20. The van der Waals surface area contributed by atoms with Crippen LogP contribution >= 0.6 is 11.8 Å². The normalized spacial score (nSPS) is 21.3. The Bertz CT molecular complexity index is 762. The van der Waals surface area contributed by atoms with Crippen molar-refractivity contribution >= 4 is 34.5 Å². The molecule has 0 bridgehead atoms. The van der Waals surface area contributed by atoms with Crippen molar-refractivity contribution in [3.8, 4) is 11.5 Å². The maximum Gasteiger partial charge on any atom is 0.317 e. The number of aliphatic carboxylic acids is 1. The maximum absolute atomic E-state index is 11.5. The van der Waals surface area contributed by atoms with Crippen LogP contribution in [0.15, 0.2) is 28.4 Å². The Labute approximate surface area is 148 Å². The number of benzene rings is 1. The lowest BCUT2D eigenvalue weighted by atomic mass is 10.1. The lowest BCUT2D eigenvalue weighted by Gasteiger charge is -2.18. The minimum atomic E-state index is -1.03. The number of nitrogens with zero attached hydrogens (tertiary/aromatic N) is 2. The molecule has 1 saturated heterocycles. The van der Waals surface area contributed by atoms with E-state index in [0.29, 0.717) is 6.42 Å². The van der Waals surface area contributed by atoms with Gasteiger partial charge in [0.25, 0.3) is 0 Å². The number of amides is 1. The molecule has 1 aromatic carbocycles. The summed E-state index contributed by atoms with van der Waals surface area (Å²) in [5.41, 5.74) is 1.87. The van der Waals surface area contributed by atoms with Crippen LogP contribution in [-0.4, -0.2) is 39.9 Å². The van der Waals surface area contributed by atoms with E-state index < -0.39 is 11.2 Å². The Morgan fingerprint density at radius 2 is 2.20 bits per heavy atom. The Morgan fingerprint density at radius 3 is 3.00 bits per heavy atom. The summed E-state index contributed by atoms with van der Waals surface area (Å²) >= 11 is 0.994. The predicted molar refractivity (Wildman–Crippen MR) is 93.2 cm³/mol. The zero-order chi connectivity index (χ0) is 17.8. The number of rotatable bonds is 5. The predicted octanol–water partition coefficient (Wildman–Crippen LogP) is 1.79. The minimum absolute atomic E-state index is 0.0637. The highest BCUT2D eigenvalue weighted by Crippen LogP contribution is 2.32. The third-order valence-corrected chi connectivity index (χ3v) is 4.73. The van der Waals surface area contributed by atoms with Crippen LogP contribution in [0.3, 0.4) is 0 Å². The number of carbonyl (C=O) groups excluding carboxylic acids is 1. The summed E-state index contributed by atoms with van der Waals surface area (Å²) in [6.07, 6.45) is 1.37. The van der Waals surface area contributed by atoms with Gasteiger partial charge in [0, 0.05) is 12.1 Å². The fraction of sp³-hybridized carbons (Fsp3) is 0.375. The van der Waals surface area contributed by atoms with E-state index in [1.54, 1.807) is 0 Å². The lowest BCUT2D eigenvalue weighted by molar-refractivity contribution is -0.138. The lowest BCUT2D eigenvalue weighted by Crippen LogP contribution is -2.40. The minimum Gasteiger partial charge on any atom is -0.480 e. The summed E-state index contributed by atoms with van der Waals surface area (Å²) in [5.74, 6) is 0.0983. The standard InChI is InChI=1S/C16H17N3O5S/c1-9(2-3-10-4-5-11-12(6-10)24-8-23-11)18-19-16-17-14(20)7-13(25-16)15(21)22/h4-6,13H,2-3,7-8H2,1H3,(H,21,22)(H,17,19,20)/b18-9+. The van der Waals surface area contributed by atoms with Gasteiger partial charge in [-0.2, -0.15) is 5.10 Å². The molecule has 3 rings (SSSR count). The van der Waals surface area contributed by atoms with Crippen molar-refractivity contribution in [2.45, 2.75) is 31.4 Å². The molecule has 8 nitrogen and oxygen atoms in total. The van der Waals surface area contributed by atoms with Crippen LogP contribution in [0.2, 0.25) is 0 Å². The monoisotopic (exact) mass is 363 g/mol. The summed E-state index contributed by atoms with van der Waals surface area (Å²) in [4.78, 5) is 22.5. The largest absolute Gasteiger partial charge is 0.480 e. The molecule has 2 heterocycles. The second kappa shape index (κ2) is 7.56. The number of carbonyl (C=O) groups is 2. The van der Waals surface area contributed by atoms with Crippen LogP contribution in [0.5, 0.6) is 11.5 Å². The van der Waals surface area contributed by atoms with Crippen molar-refractivity contribution in [3.05, 3.63) is 23.8 Å². The molecular formula is C16H17N3O5S. The summed E-state index contributed by atoms with van der Waals surface area (Å²) in [7, 11) is 0. The molecule has 0 spiro atoms. The SMILES string of the molecule is C/C(CCc1ccc2c(c1)OCO2)=N\N=C1/NC(=O)CC(C(=O)O)S1. The quantitative estimate of drug-likeness (QED) is 0.610. The molecule has 0 radical (unpaired) electrons. The molecule has 2 aliphatic heterocycles. The highest BCUT2D eigenvalue weighted by molar-refractivity contribution is 8.15. The number of amidine groups is 1. The van der Waals surface area contributed by atoms with Crippen molar-refractivity contribution in [2.75, 3.05) is 6.79 Å². The fourth-order valence-electron chi connectivity index (χ4n) is 2.33. The molecule has 1 atom stereocenters. The van der Waals surface area contributed by atoms with Gasteiger partial charge in [-0.15, -0.1) is 5.10 Å². The zero-order valence-electron chi connectivity index (χ0n) is 13.5. The molecule has 25 heavy (non-hydrogen) atoms. The van der Waals surface area contributed by atoms with Crippen molar-refractivity contribution in [1.82, 2.24) is 5.32 Å². The number of aryl methyl sites for hydroxylation is 1. The molecule has 1 unspecified atom stereocenters. The van der Waals surface area contributed by atoms with Crippen molar-refractivity contribution < 1.29 is 24.2 Å². The van der Waals surface area contributed by atoms with E-state index in [4.69, 9.17) is 14.6 Å². The number of carboxylic acids is 1. The number of fused-ring (bicyclic) bond motifs is 1. The number of carboxylic acid groups (broad SMARTS) is 1. The number of hydrogen-bond acceptors (Lipinski definition) is 7. The molecule has 0 aromatic heterocycles. The summed E-state index contributed by atoms with van der Waals surface area (Å²) < 4.78 is 10.6. The van der Waals surface area contributed by atoms with Crippen molar-refractivity contribution in [2.24, 2.45) is 10.2 Å². The number of ether oxygens (including phenoxy) is 2. The first-order chi connectivity index (χ1) is 12.0. The van der Waals surface area contributed by atoms with Gasteiger partial charge in [-0.3, -0.25) is 9.59 Å². The Morgan fingerprint density at radius 1 is 1.40 bits per heavy atom. The van der Waals surface area contributed by atoms with E-state index in [-0.39, 0.29) is 24.3 Å². The van der Waals surface area contributed by atoms with Crippen molar-refractivity contribution in [1.29, 1.82) is 0 Å². The van der Waals surface area contributed by atoms with E-state index in [0.717, 1.165) is 41.0 Å². The topological polar surface area (TPSA) is 110 Å². The average Bonchev–Trinajstić information content (AvgIpc) is 3.05. The number of thioether (sulfide) groups is 1. The van der Waals surface area contributed by atoms with Gasteiger partial charge in [-0.25, -0.2) is 0 Å². The van der Waals surface area contributed by atoms with Crippen LogP contribution < -0.4 is 14.8 Å². The van der Waals surface area contributed by atoms with E-state index >= 15 is 0 Å². The molecule has 0 saturated carbocycles. The van der Waals surface area contributed by atoms with Crippen LogP contribution in [0, 0.1) is 0 Å². The van der Waals surface area contributed by atoms with Gasteiger partial charge >= 0.3 is 5.97 Å². The van der Waals surface area contributed by atoms with Gasteiger partial charge < -0.3 is 19.9 Å². The third kappa shape index (κ3) is 4.50. The summed E-state index contributed by atoms with van der Waals surface area (Å²) in [6, 6.07) is 5.79. The molecular weight excluding hydrogens is 346 g/mol. The summed E-state index contributed by atoms with van der Waals surface area (Å²) in [5, 5.41) is 19.0. The second-order valence-electron chi connectivity index (χ2n) is 5.63. The first-order valence-corrected chi connectivity index (χ1v) is 8.58. The van der Waals surface area contributed by atoms with Crippen molar-refractivity contribution in [3.63, 3.8) is 0 Å². The zero-order valence-corrected chi connectivity index (χ0v) is 14.3. The molecule has 132 valence electrons. The van der Waals surface area contributed by atoms with E-state index in [2.05, 4.69) is 15.5 Å². The first-order valence-electron chi connectivity index (χ1n) is 7.70. The third-order valence-electron chi connectivity index (χ3n) is 3.67. The van der Waals surface area contributed by atoms with Gasteiger partial charge in [-0.1, -0.05) is 17.8 Å². The molecule has 1 fully saturated rings. The number of nitrogens with one attached hydrogen (secondary N) is 1. The van der Waals surface area contributed by atoms with Gasteiger partial charge in [0.2, 0.25) is 12.7 Å². The molecule has 2 aliphatic rings. The summed E-state index contributed by atoms with van der Waals surface area (Å²) in [6.45, 7) is 2.08. The molecule has 2 N–H and O–H groups in total. The Balaban J connectivity index is 1.58. The smallest absolute Gasteiger partial charge is 0.317 e. The highest BCUT2D eigenvalue weighted by atomic mass is 32.2. The van der Waals surface area contributed by atoms with E-state index in [1.807, 2.05) is 25.1 Å². The molecule has 0 aliphatic carbocycles. The van der Waals surface area contributed by atoms with Gasteiger partial charge in [0.1, 0.15) is 5.25 Å². The van der Waals surface area contributed by atoms with Crippen LogP contribution in [-0.2, 0) is 16.0 Å². The van der Waals surface area contributed by atoms with Crippen LogP contribution in [0.1, 0.15) is 25.3 Å².